The molecule has 0 aromatic heterocycles. The maximum absolute atomic E-state index is 11.5. The van der Waals surface area contributed by atoms with Crippen LogP contribution in [0.15, 0.2) is 0 Å². The summed E-state index contributed by atoms with van der Waals surface area (Å²) >= 11 is 0. The molecule has 1 saturated carbocycles. The van der Waals surface area contributed by atoms with Crippen molar-refractivity contribution in [3.8, 4) is 0 Å². The van der Waals surface area contributed by atoms with Crippen LogP contribution in [0.2, 0.25) is 0 Å². The number of rotatable bonds is 2. The van der Waals surface area contributed by atoms with Gasteiger partial charge in [0.05, 0.1) is 6.26 Å². The summed E-state index contributed by atoms with van der Waals surface area (Å²) in [6.07, 6.45) is 7.34. The second kappa shape index (κ2) is 5.86. The van der Waals surface area contributed by atoms with Crippen LogP contribution in [0.3, 0.4) is 0 Å². The first-order valence-electron chi connectivity index (χ1n) is 6.93. The van der Waals surface area contributed by atoms with E-state index in [1.807, 2.05) is 0 Å². The summed E-state index contributed by atoms with van der Waals surface area (Å²) in [6, 6.07) is 0.714. The summed E-state index contributed by atoms with van der Waals surface area (Å²) in [6.45, 7) is 2.88. The third-order valence-corrected chi connectivity index (χ3v) is 5.55. The highest BCUT2D eigenvalue weighted by Gasteiger charge is 2.31. The molecule has 2 atom stereocenters. The van der Waals surface area contributed by atoms with E-state index in [4.69, 9.17) is 5.73 Å². The lowest BCUT2D eigenvalue weighted by Crippen LogP contribution is -2.56. The monoisotopic (exact) mass is 275 g/mol. The molecule has 2 N–H and O–H groups in total. The average Bonchev–Trinajstić information content (AvgIpc) is 2.53. The van der Waals surface area contributed by atoms with Crippen molar-refractivity contribution >= 4 is 10.0 Å². The molecule has 2 unspecified atom stereocenters. The first kappa shape index (κ1) is 14.2. The molecule has 2 fully saturated rings. The van der Waals surface area contributed by atoms with Crippen LogP contribution in [-0.2, 0) is 10.0 Å². The molecule has 6 heteroatoms. The molecule has 0 aromatic carbocycles. The first-order valence-corrected chi connectivity index (χ1v) is 8.78. The lowest BCUT2D eigenvalue weighted by Gasteiger charge is -2.40. The second-order valence-electron chi connectivity index (χ2n) is 5.57. The Morgan fingerprint density at radius 3 is 2.22 bits per heavy atom. The number of hydrogen-bond acceptors (Lipinski definition) is 4. The first-order chi connectivity index (χ1) is 8.48. The Kier molecular flexibility index (Phi) is 4.64. The van der Waals surface area contributed by atoms with Gasteiger partial charge in [-0.1, -0.05) is 19.3 Å². The van der Waals surface area contributed by atoms with Gasteiger partial charge in [0.2, 0.25) is 10.0 Å². The standard InChI is InChI=1S/C12H25N3O2S/c1-18(16,17)15-9-7-14(8-10-15)12-6-4-2-3-5-11(12)13/h11-12H,2-10,13H2,1H3. The van der Waals surface area contributed by atoms with E-state index < -0.39 is 10.0 Å². The van der Waals surface area contributed by atoms with Gasteiger partial charge in [-0.15, -0.1) is 0 Å². The predicted octanol–water partition coefficient (Wildman–Crippen LogP) is 0.224. The molecule has 1 saturated heterocycles. The highest BCUT2D eigenvalue weighted by Crippen LogP contribution is 2.22. The average molecular weight is 275 g/mol. The van der Waals surface area contributed by atoms with Crippen LogP contribution < -0.4 is 5.73 Å². The second-order valence-corrected chi connectivity index (χ2v) is 7.55. The maximum Gasteiger partial charge on any atom is 0.211 e. The van der Waals surface area contributed by atoms with E-state index in [9.17, 15) is 8.42 Å². The van der Waals surface area contributed by atoms with E-state index in [0.717, 1.165) is 19.5 Å². The minimum absolute atomic E-state index is 0.261. The van der Waals surface area contributed by atoms with Gasteiger partial charge in [0, 0.05) is 38.3 Å². The zero-order valence-corrected chi connectivity index (χ0v) is 12.0. The summed E-state index contributed by atoms with van der Waals surface area (Å²) in [5, 5.41) is 0. The zero-order valence-electron chi connectivity index (χ0n) is 11.2. The van der Waals surface area contributed by atoms with Crippen LogP contribution >= 0.6 is 0 Å². The minimum atomic E-state index is -3.03. The van der Waals surface area contributed by atoms with Crippen molar-refractivity contribution in [1.29, 1.82) is 0 Å². The lowest BCUT2D eigenvalue weighted by molar-refractivity contribution is 0.115. The molecule has 1 aliphatic heterocycles. The molecule has 0 aromatic rings. The van der Waals surface area contributed by atoms with Gasteiger partial charge in [0.1, 0.15) is 0 Å². The Morgan fingerprint density at radius 1 is 1.00 bits per heavy atom. The molecule has 106 valence electrons. The third kappa shape index (κ3) is 3.44. The van der Waals surface area contributed by atoms with Crippen LogP contribution in [-0.4, -0.2) is 62.1 Å². The van der Waals surface area contributed by atoms with Crippen molar-refractivity contribution in [2.45, 2.75) is 44.2 Å². The van der Waals surface area contributed by atoms with E-state index >= 15 is 0 Å². The smallest absolute Gasteiger partial charge is 0.211 e. The Hall–Kier alpha value is -0.170. The van der Waals surface area contributed by atoms with Gasteiger partial charge in [-0.2, -0.15) is 4.31 Å². The molecule has 2 aliphatic rings. The van der Waals surface area contributed by atoms with E-state index in [2.05, 4.69) is 4.90 Å². The molecule has 5 nitrogen and oxygen atoms in total. The topological polar surface area (TPSA) is 66.6 Å². The number of sulfonamides is 1. The van der Waals surface area contributed by atoms with Gasteiger partial charge in [-0.05, 0) is 12.8 Å². The van der Waals surface area contributed by atoms with Crippen LogP contribution in [0, 0.1) is 0 Å². The van der Waals surface area contributed by atoms with Crippen molar-refractivity contribution in [2.75, 3.05) is 32.4 Å². The fourth-order valence-electron chi connectivity index (χ4n) is 3.14. The summed E-state index contributed by atoms with van der Waals surface area (Å²) in [7, 11) is -3.03. The van der Waals surface area contributed by atoms with Crippen molar-refractivity contribution in [3.05, 3.63) is 0 Å². The molecule has 0 radical (unpaired) electrons. The number of piperazine rings is 1. The van der Waals surface area contributed by atoms with Gasteiger partial charge >= 0.3 is 0 Å². The number of hydrogen-bond donors (Lipinski definition) is 1. The maximum atomic E-state index is 11.5. The zero-order chi connectivity index (χ0) is 13.2. The Bertz CT molecular complexity index is 364. The third-order valence-electron chi connectivity index (χ3n) is 4.24. The highest BCUT2D eigenvalue weighted by atomic mass is 32.2. The van der Waals surface area contributed by atoms with Gasteiger partial charge in [0.25, 0.3) is 0 Å². The summed E-state index contributed by atoms with van der Waals surface area (Å²) in [4.78, 5) is 2.40. The summed E-state index contributed by atoms with van der Waals surface area (Å²) in [5.41, 5.74) is 6.26. The fourth-order valence-corrected chi connectivity index (χ4v) is 3.96. The van der Waals surface area contributed by atoms with Gasteiger partial charge < -0.3 is 5.73 Å². The number of nitrogens with zero attached hydrogens (tertiary/aromatic N) is 2. The normalized spacial score (nSPS) is 33.2. The van der Waals surface area contributed by atoms with E-state index in [-0.39, 0.29) is 6.04 Å². The summed E-state index contributed by atoms with van der Waals surface area (Å²) < 4.78 is 24.5. The van der Waals surface area contributed by atoms with E-state index in [1.54, 1.807) is 4.31 Å². The van der Waals surface area contributed by atoms with E-state index in [0.29, 0.717) is 19.1 Å². The molecule has 2 rings (SSSR count). The molecular weight excluding hydrogens is 250 g/mol. The van der Waals surface area contributed by atoms with Crippen LogP contribution in [0.25, 0.3) is 0 Å². The van der Waals surface area contributed by atoms with E-state index in [1.165, 1.54) is 31.9 Å². The van der Waals surface area contributed by atoms with Crippen LogP contribution in [0.4, 0.5) is 0 Å². The SMILES string of the molecule is CS(=O)(=O)N1CCN(C2CCCCCC2N)CC1. The van der Waals surface area contributed by atoms with Crippen molar-refractivity contribution in [1.82, 2.24) is 9.21 Å². The summed E-state index contributed by atoms with van der Waals surface area (Å²) in [5.74, 6) is 0. The van der Waals surface area contributed by atoms with Gasteiger partial charge in [-0.3, -0.25) is 4.90 Å². The van der Waals surface area contributed by atoms with Gasteiger partial charge in [0.15, 0.2) is 0 Å². The fraction of sp³-hybridized carbons (Fsp3) is 1.00. The molecule has 18 heavy (non-hydrogen) atoms. The minimum Gasteiger partial charge on any atom is -0.326 e. The Morgan fingerprint density at radius 2 is 1.61 bits per heavy atom. The molecule has 1 aliphatic carbocycles. The van der Waals surface area contributed by atoms with Crippen LogP contribution in [0.1, 0.15) is 32.1 Å². The Labute approximate surface area is 110 Å². The molecule has 0 amide bonds. The van der Waals surface area contributed by atoms with Crippen molar-refractivity contribution in [2.24, 2.45) is 5.73 Å². The molecule has 0 bridgehead atoms. The molecule has 0 spiro atoms. The Balaban J connectivity index is 1.92. The van der Waals surface area contributed by atoms with Gasteiger partial charge in [-0.25, -0.2) is 8.42 Å². The molecule has 1 heterocycles. The highest BCUT2D eigenvalue weighted by molar-refractivity contribution is 7.88. The molecular formula is C12H25N3O2S. The lowest BCUT2D eigenvalue weighted by atomic mass is 10.0. The van der Waals surface area contributed by atoms with Crippen molar-refractivity contribution in [3.63, 3.8) is 0 Å². The predicted molar refractivity (Wildman–Crippen MR) is 72.8 cm³/mol. The quantitative estimate of drug-likeness (QED) is 0.732. The largest absolute Gasteiger partial charge is 0.326 e. The van der Waals surface area contributed by atoms with Crippen molar-refractivity contribution < 1.29 is 8.42 Å². The van der Waals surface area contributed by atoms with Crippen LogP contribution in [0.5, 0.6) is 0 Å². The number of nitrogens with two attached hydrogens (primary N) is 1.